The SMILES string of the molecule is COc1ccc(NC(=O)c2sccc2-n2cccc2)cc1S(=O)(=O)Nc1ccc(Cl)cc1. The summed E-state index contributed by atoms with van der Waals surface area (Å²) in [6.45, 7) is 0. The number of halogens is 1. The molecular formula is C22H18ClN3O4S2. The van der Waals surface area contributed by atoms with E-state index in [1.165, 1.54) is 30.6 Å². The summed E-state index contributed by atoms with van der Waals surface area (Å²) in [7, 11) is -2.62. The lowest BCUT2D eigenvalue weighted by atomic mass is 10.3. The summed E-state index contributed by atoms with van der Waals surface area (Å²) in [5.74, 6) is -0.198. The van der Waals surface area contributed by atoms with Crippen LogP contribution in [0.4, 0.5) is 11.4 Å². The molecular weight excluding hydrogens is 470 g/mol. The lowest BCUT2D eigenvalue weighted by Gasteiger charge is -2.14. The average Bonchev–Trinajstić information content (AvgIpc) is 3.47. The Balaban J connectivity index is 1.62. The number of amides is 1. The van der Waals surface area contributed by atoms with Crippen LogP contribution in [0.1, 0.15) is 9.67 Å². The highest BCUT2D eigenvalue weighted by Gasteiger charge is 2.22. The van der Waals surface area contributed by atoms with Gasteiger partial charge >= 0.3 is 0 Å². The Hall–Kier alpha value is -3.27. The smallest absolute Gasteiger partial charge is 0.267 e. The van der Waals surface area contributed by atoms with Crippen molar-refractivity contribution in [3.8, 4) is 11.4 Å². The van der Waals surface area contributed by atoms with Crippen LogP contribution in [0.2, 0.25) is 5.02 Å². The Labute approximate surface area is 194 Å². The maximum absolute atomic E-state index is 13.0. The van der Waals surface area contributed by atoms with Gasteiger partial charge in [0.15, 0.2) is 0 Å². The van der Waals surface area contributed by atoms with E-state index in [0.29, 0.717) is 21.3 Å². The van der Waals surface area contributed by atoms with E-state index in [1.807, 2.05) is 40.5 Å². The zero-order valence-electron chi connectivity index (χ0n) is 16.8. The van der Waals surface area contributed by atoms with Crippen molar-refractivity contribution in [2.45, 2.75) is 4.90 Å². The molecule has 7 nitrogen and oxygen atoms in total. The number of methoxy groups -OCH3 is 1. The van der Waals surface area contributed by atoms with Gasteiger partial charge in [-0.1, -0.05) is 11.6 Å². The number of nitrogens with zero attached hydrogens (tertiary/aromatic N) is 1. The maximum Gasteiger partial charge on any atom is 0.267 e. The fourth-order valence-corrected chi connectivity index (χ4v) is 5.22. The molecule has 4 rings (SSSR count). The molecule has 0 spiro atoms. The number of anilines is 2. The van der Waals surface area contributed by atoms with Crippen molar-refractivity contribution in [3.05, 3.63) is 88.3 Å². The first-order valence-corrected chi connectivity index (χ1v) is 12.1. The van der Waals surface area contributed by atoms with E-state index < -0.39 is 10.0 Å². The van der Waals surface area contributed by atoms with Gasteiger partial charge in [0.25, 0.3) is 15.9 Å². The van der Waals surface area contributed by atoms with Gasteiger partial charge in [0.1, 0.15) is 15.5 Å². The first-order valence-electron chi connectivity index (χ1n) is 9.36. The second-order valence-electron chi connectivity index (χ2n) is 6.66. The van der Waals surface area contributed by atoms with E-state index in [9.17, 15) is 13.2 Å². The number of sulfonamides is 1. The molecule has 0 saturated heterocycles. The van der Waals surface area contributed by atoms with Gasteiger partial charge in [0.05, 0.1) is 12.8 Å². The lowest BCUT2D eigenvalue weighted by Crippen LogP contribution is -2.16. The molecule has 2 aromatic heterocycles. The minimum Gasteiger partial charge on any atom is -0.495 e. The van der Waals surface area contributed by atoms with Gasteiger partial charge in [-0.25, -0.2) is 8.42 Å². The fraction of sp³-hybridized carbons (Fsp3) is 0.0455. The summed E-state index contributed by atoms with van der Waals surface area (Å²) < 4.78 is 35.6. The standard InChI is InChI=1S/C22H18ClN3O4S2/c1-30-19-9-8-17(14-20(19)32(28,29)25-16-6-4-15(23)5-7-16)24-22(27)21-18(10-13-31-21)26-11-2-3-12-26/h2-14,25H,1H3,(H,24,27). The van der Waals surface area contributed by atoms with Gasteiger partial charge in [-0.15, -0.1) is 11.3 Å². The molecule has 164 valence electrons. The molecule has 0 aliphatic rings. The second kappa shape index (κ2) is 9.07. The largest absolute Gasteiger partial charge is 0.495 e. The van der Waals surface area contributed by atoms with Crippen molar-refractivity contribution < 1.29 is 17.9 Å². The van der Waals surface area contributed by atoms with Gasteiger partial charge in [0.2, 0.25) is 0 Å². The first-order chi connectivity index (χ1) is 15.4. The number of nitrogens with one attached hydrogen (secondary N) is 2. The Morgan fingerprint density at radius 3 is 2.41 bits per heavy atom. The van der Waals surface area contributed by atoms with Crippen molar-refractivity contribution in [1.82, 2.24) is 4.57 Å². The third-order valence-corrected chi connectivity index (χ3v) is 7.10. The van der Waals surface area contributed by atoms with Crippen LogP contribution in [-0.2, 0) is 10.0 Å². The van der Waals surface area contributed by atoms with E-state index in [-0.39, 0.29) is 16.6 Å². The van der Waals surface area contributed by atoms with E-state index in [2.05, 4.69) is 10.0 Å². The Kier molecular flexibility index (Phi) is 6.22. The van der Waals surface area contributed by atoms with E-state index >= 15 is 0 Å². The Morgan fingerprint density at radius 1 is 1.03 bits per heavy atom. The molecule has 10 heteroatoms. The molecule has 0 fully saturated rings. The maximum atomic E-state index is 13.0. The highest BCUT2D eigenvalue weighted by atomic mass is 35.5. The quantitative estimate of drug-likeness (QED) is 0.372. The fourth-order valence-electron chi connectivity index (χ4n) is 3.05. The molecule has 0 bridgehead atoms. The van der Waals surface area contributed by atoms with E-state index in [1.54, 1.807) is 30.3 Å². The number of hydrogen-bond donors (Lipinski definition) is 2. The molecule has 2 aromatic carbocycles. The number of rotatable bonds is 7. The summed E-state index contributed by atoms with van der Waals surface area (Å²) in [6.07, 6.45) is 3.69. The summed E-state index contributed by atoms with van der Waals surface area (Å²) in [6, 6.07) is 16.3. The Bertz CT molecular complexity index is 1350. The molecule has 0 aliphatic carbocycles. The number of carbonyl (C=O) groups excluding carboxylic acids is 1. The zero-order valence-corrected chi connectivity index (χ0v) is 19.2. The molecule has 0 unspecified atom stereocenters. The number of benzene rings is 2. The number of aromatic nitrogens is 1. The van der Waals surface area contributed by atoms with E-state index in [4.69, 9.17) is 16.3 Å². The monoisotopic (exact) mass is 487 g/mol. The number of hydrogen-bond acceptors (Lipinski definition) is 5. The van der Waals surface area contributed by atoms with Crippen LogP contribution in [-0.4, -0.2) is 26.0 Å². The number of ether oxygens (including phenoxy) is 1. The molecule has 2 heterocycles. The highest BCUT2D eigenvalue weighted by Crippen LogP contribution is 2.30. The number of carbonyl (C=O) groups is 1. The highest BCUT2D eigenvalue weighted by molar-refractivity contribution is 7.92. The van der Waals surface area contributed by atoms with Crippen LogP contribution in [0.15, 0.2) is 83.3 Å². The first kappa shape index (κ1) is 21.9. The lowest BCUT2D eigenvalue weighted by molar-refractivity contribution is 0.103. The predicted octanol–water partition coefficient (Wildman–Crippen LogP) is 5.25. The Morgan fingerprint density at radius 2 is 1.72 bits per heavy atom. The summed E-state index contributed by atoms with van der Waals surface area (Å²) >= 11 is 7.16. The third kappa shape index (κ3) is 4.64. The summed E-state index contributed by atoms with van der Waals surface area (Å²) in [5, 5.41) is 5.09. The van der Waals surface area contributed by atoms with Crippen LogP contribution in [0.5, 0.6) is 5.75 Å². The van der Waals surface area contributed by atoms with Crippen molar-refractivity contribution in [1.29, 1.82) is 0 Å². The van der Waals surface area contributed by atoms with Crippen molar-refractivity contribution >= 4 is 50.2 Å². The van der Waals surface area contributed by atoms with Gasteiger partial charge < -0.3 is 14.6 Å². The topological polar surface area (TPSA) is 89.4 Å². The number of thiophene rings is 1. The van der Waals surface area contributed by atoms with Crippen molar-refractivity contribution in [2.24, 2.45) is 0 Å². The van der Waals surface area contributed by atoms with Crippen LogP contribution in [0, 0.1) is 0 Å². The van der Waals surface area contributed by atoms with Gasteiger partial charge in [-0.05, 0) is 66.0 Å². The van der Waals surface area contributed by atoms with Crippen LogP contribution in [0.3, 0.4) is 0 Å². The summed E-state index contributed by atoms with van der Waals surface area (Å²) in [4.78, 5) is 13.3. The van der Waals surface area contributed by atoms with Crippen LogP contribution >= 0.6 is 22.9 Å². The molecule has 32 heavy (non-hydrogen) atoms. The molecule has 1 amide bonds. The predicted molar refractivity (Wildman–Crippen MR) is 127 cm³/mol. The summed E-state index contributed by atoms with van der Waals surface area (Å²) in [5.41, 5.74) is 1.41. The minimum atomic E-state index is -4.00. The molecule has 2 N–H and O–H groups in total. The average molecular weight is 488 g/mol. The normalized spacial score (nSPS) is 11.2. The minimum absolute atomic E-state index is 0.107. The second-order valence-corrected chi connectivity index (χ2v) is 9.66. The third-order valence-electron chi connectivity index (χ3n) is 4.54. The van der Waals surface area contributed by atoms with Gasteiger partial charge in [-0.3, -0.25) is 9.52 Å². The molecule has 0 aliphatic heterocycles. The molecule has 0 atom stereocenters. The molecule has 0 saturated carbocycles. The van der Waals surface area contributed by atoms with Crippen LogP contribution in [0.25, 0.3) is 5.69 Å². The molecule has 4 aromatic rings. The van der Waals surface area contributed by atoms with E-state index in [0.717, 1.165) is 5.69 Å². The molecule has 0 radical (unpaired) electrons. The van der Waals surface area contributed by atoms with Crippen molar-refractivity contribution in [3.63, 3.8) is 0 Å². The van der Waals surface area contributed by atoms with Gasteiger partial charge in [0, 0.05) is 28.8 Å². The zero-order chi connectivity index (χ0) is 22.7. The van der Waals surface area contributed by atoms with Gasteiger partial charge in [-0.2, -0.15) is 0 Å². The van der Waals surface area contributed by atoms with Crippen molar-refractivity contribution in [2.75, 3.05) is 17.1 Å². The van der Waals surface area contributed by atoms with Crippen LogP contribution < -0.4 is 14.8 Å².